The SMILES string of the molecule is CNC(=O)C(CCC=O)c1ccc(N2CC(C=O)C2)cc1. The fraction of sp³-hybridized carbons (Fsp3) is 0.438. The van der Waals surface area contributed by atoms with Gasteiger partial charge < -0.3 is 19.8 Å². The molecule has 21 heavy (non-hydrogen) atoms. The second-order valence-electron chi connectivity index (χ2n) is 5.30. The highest BCUT2D eigenvalue weighted by atomic mass is 16.1. The number of hydrogen-bond acceptors (Lipinski definition) is 4. The lowest BCUT2D eigenvalue weighted by Crippen LogP contribution is -2.47. The molecule has 5 heteroatoms. The van der Waals surface area contributed by atoms with Crippen molar-refractivity contribution in [2.45, 2.75) is 18.8 Å². The molecule has 1 saturated heterocycles. The van der Waals surface area contributed by atoms with Crippen LogP contribution in [0.15, 0.2) is 24.3 Å². The predicted octanol–water partition coefficient (Wildman–Crippen LogP) is 1.13. The first-order chi connectivity index (χ1) is 10.2. The number of carbonyl (C=O) groups excluding carboxylic acids is 3. The van der Waals surface area contributed by atoms with Crippen LogP contribution in [-0.4, -0.2) is 38.6 Å². The summed E-state index contributed by atoms with van der Waals surface area (Å²) < 4.78 is 0. The highest BCUT2D eigenvalue weighted by Gasteiger charge is 2.26. The van der Waals surface area contributed by atoms with Crippen LogP contribution in [0.5, 0.6) is 0 Å². The molecule has 1 aliphatic heterocycles. The quantitative estimate of drug-likeness (QED) is 0.764. The minimum absolute atomic E-state index is 0.0745. The molecule has 0 radical (unpaired) electrons. The molecule has 0 aliphatic carbocycles. The average molecular weight is 288 g/mol. The van der Waals surface area contributed by atoms with Gasteiger partial charge in [0.2, 0.25) is 5.91 Å². The van der Waals surface area contributed by atoms with Crippen molar-refractivity contribution in [1.82, 2.24) is 5.32 Å². The summed E-state index contributed by atoms with van der Waals surface area (Å²) >= 11 is 0. The first-order valence-electron chi connectivity index (χ1n) is 7.15. The van der Waals surface area contributed by atoms with Crippen LogP contribution in [0, 0.1) is 5.92 Å². The summed E-state index contributed by atoms with van der Waals surface area (Å²) in [6.45, 7) is 1.51. The molecule has 1 atom stereocenters. The molecule has 0 aromatic heterocycles. The van der Waals surface area contributed by atoms with Crippen molar-refractivity contribution in [1.29, 1.82) is 0 Å². The van der Waals surface area contributed by atoms with E-state index in [1.807, 2.05) is 24.3 Å². The Hall–Kier alpha value is -2.17. The Bertz CT molecular complexity index is 507. The molecule has 1 fully saturated rings. The van der Waals surface area contributed by atoms with Crippen molar-refractivity contribution < 1.29 is 14.4 Å². The lowest BCUT2D eigenvalue weighted by molar-refractivity contribution is -0.122. The maximum atomic E-state index is 11.9. The van der Waals surface area contributed by atoms with Crippen LogP contribution in [0.1, 0.15) is 24.3 Å². The number of carbonyl (C=O) groups is 3. The van der Waals surface area contributed by atoms with Gasteiger partial charge in [-0.1, -0.05) is 12.1 Å². The molecule has 112 valence electrons. The molecule has 1 aromatic rings. The van der Waals surface area contributed by atoms with Gasteiger partial charge in [-0.2, -0.15) is 0 Å². The second-order valence-corrected chi connectivity index (χ2v) is 5.30. The molecule has 1 N–H and O–H groups in total. The Balaban J connectivity index is 2.06. The van der Waals surface area contributed by atoms with E-state index >= 15 is 0 Å². The van der Waals surface area contributed by atoms with Crippen molar-refractivity contribution in [2.24, 2.45) is 5.92 Å². The van der Waals surface area contributed by atoms with Gasteiger partial charge in [0.05, 0.1) is 5.92 Å². The molecule has 0 bridgehead atoms. The number of rotatable bonds is 7. The van der Waals surface area contributed by atoms with Crippen molar-refractivity contribution >= 4 is 24.2 Å². The van der Waals surface area contributed by atoms with E-state index in [2.05, 4.69) is 10.2 Å². The minimum atomic E-state index is -0.298. The molecule has 1 amide bonds. The van der Waals surface area contributed by atoms with Crippen molar-refractivity contribution in [3.05, 3.63) is 29.8 Å². The lowest BCUT2D eigenvalue weighted by Gasteiger charge is -2.38. The summed E-state index contributed by atoms with van der Waals surface area (Å²) in [5.41, 5.74) is 1.97. The van der Waals surface area contributed by atoms with Crippen molar-refractivity contribution in [2.75, 3.05) is 25.0 Å². The van der Waals surface area contributed by atoms with E-state index in [0.29, 0.717) is 12.8 Å². The standard InChI is InChI=1S/C16H20N2O3/c1-17-16(21)15(3-2-8-19)13-4-6-14(7-5-13)18-9-12(10-18)11-20/h4-8,11-12,15H,2-3,9-10H2,1H3,(H,17,21). The zero-order valence-corrected chi connectivity index (χ0v) is 12.1. The number of benzene rings is 1. The monoisotopic (exact) mass is 288 g/mol. The molecular weight excluding hydrogens is 268 g/mol. The van der Waals surface area contributed by atoms with E-state index in [4.69, 9.17) is 0 Å². The maximum absolute atomic E-state index is 11.9. The number of anilines is 1. The Morgan fingerprint density at radius 1 is 1.33 bits per heavy atom. The normalized spacial score (nSPS) is 16.0. The number of hydrogen-bond donors (Lipinski definition) is 1. The molecule has 0 saturated carbocycles. The van der Waals surface area contributed by atoms with Gasteiger partial charge in [0.1, 0.15) is 12.6 Å². The Kier molecular flexibility index (Phi) is 5.09. The summed E-state index contributed by atoms with van der Waals surface area (Å²) in [5, 5.41) is 2.64. The van der Waals surface area contributed by atoms with Crippen LogP contribution in [0.4, 0.5) is 5.69 Å². The fourth-order valence-corrected chi connectivity index (χ4v) is 2.59. The van der Waals surface area contributed by atoms with Crippen LogP contribution in [0.25, 0.3) is 0 Å². The highest BCUT2D eigenvalue weighted by Crippen LogP contribution is 2.27. The van der Waals surface area contributed by atoms with Gasteiger partial charge >= 0.3 is 0 Å². The number of nitrogens with one attached hydrogen (secondary N) is 1. The molecular formula is C16H20N2O3. The predicted molar refractivity (Wildman–Crippen MR) is 80.3 cm³/mol. The van der Waals surface area contributed by atoms with E-state index in [1.54, 1.807) is 7.05 Å². The zero-order chi connectivity index (χ0) is 15.2. The third-order valence-electron chi connectivity index (χ3n) is 3.90. The van der Waals surface area contributed by atoms with E-state index in [-0.39, 0.29) is 17.7 Å². The topological polar surface area (TPSA) is 66.5 Å². The van der Waals surface area contributed by atoms with Crippen LogP contribution in [0.2, 0.25) is 0 Å². The summed E-state index contributed by atoms with van der Waals surface area (Å²) in [4.78, 5) is 35.2. The first-order valence-corrected chi connectivity index (χ1v) is 7.15. The molecule has 5 nitrogen and oxygen atoms in total. The third kappa shape index (κ3) is 3.48. The van der Waals surface area contributed by atoms with Gasteiger partial charge in [-0.05, 0) is 24.1 Å². The molecule has 0 spiro atoms. The molecule has 1 unspecified atom stereocenters. The smallest absolute Gasteiger partial charge is 0.227 e. The average Bonchev–Trinajstić information content (AvgIpc) is 2.47. The molecule has 1 aliphatic rings. The number of amides is 1. The summed E-state index contributed by atoms with van der Waals surface area (Å²) in [6, 6.07) is 7.78. The third-order valence-corrected chi connectivity index (χ3v) is 3.90. The van der Waals surface area contributed by atoms with Crippen LogP contribution in [0.3, 0.4) is 0 Å². The minimum Gasteiger partial charge on any atom is -0.370 e. The summed E-state index contributed by atoms with van der Waals surface area (Å²) in [6.07, 6.45) is 2.71. The van der Waals surface area contributed by atoms with E-state index in [1.165, 1.54) is 0 Å². The fourth-order valence-electron chi connectivity index (χ4n) is 2.59. The zero-order valence-electron chi connectivity index (χ0n) is 12.1. The van der Waals surface area contributed by atoms with Crippen LogP contribution >= 0.6 is 0 Å². The molecule has 1 heterocycles. The van der Waals surface area contributed by atoms with Gasteiger partial charge in [0.15, 0.2) is 0 Å². The van der Waals surface area contributed by atoms with E-state index < -0.39 is 0 Å². The largest absolute Gasteiger partial charge is 0.370 e. The summed E-state index contributed by atoms with van der Waals surface area (Å²) in [5.74, 6) is -0.237. The Labute approximate surface area is 124 Å². The van der Waals surface area contributed by atoms with Crippen molar-refractivity contribution in [3.63, 3.8) is 0 Å². The maximum Gasteiger partial charge on any atom is 0.227 e. The van der Waals surface area contributed by atoms with Gasteiger partial charge in [-0.25, -0.2) is 0 Å². The second kappa shape index (κ2) is 7.02. The van der Waals surface area contributed by atoms with Crippen LogP contribution < -0.4 is 10.2 Å². The molecule has 2 rings (SSSR count). The Morgan fingerprint density at radius 2 is 2.00 bits per heavy atom. The van der Waals surface area contributed by atoms with E-state index in [9.17, 15) is 14.4 Å². The number of nitrogens with zero attached hydrogens (tertiary/aromatic N) is 1. The van der Waals surface area contributed by atoms with Gasteiger partial charge in [0, 0.05) is 38.2 Å². The lowest BCUT2D eigenvalue weighted by atomic mass is 9.92. The summed E-state index contributed by atoms with van der Waals surface area (Å²) in [7, 11) is 1.60. The van der Waals surface area contributed by atoms with Crippen LogP contribution in [-0.2, 0) is 14.4 Å². The van der Waals surface area contributed by atoms with Gasteiger partial charge in [-0.3, -0.25) is 4.79 Å². The number of aldehydes is 2. The van der Waals surface area contributed by atoms with Gasteiger partial charge in [-0.15, -0.1) is 0 Å². The van der Waals surface area contributed by atoms with Crippen molar-refractivity contribution in [3.8, 4) is 0 Å². The Morgan fingerprint density at radius 3 is 2.52 bits per heavy atom. The highest BCUT2D eigenvalue weighted by molar-refractivity contribution is 5.83. The first kappa shape index (κ1) is 15.2. The molecule has 1 aromatic carbocycles. The number of likely N-dealkylation sites (N-methyl/N-ethyl adjacent to an activating group) is 1. The van der Waals surface area contributed by atoms with E-state index in [0.717, 1.165) is 36.9 Å². The van der Waals surface area contributed by atoms with Gasteiger partial charge in [0.25, 0.3) is 0 Å².